The number of hydrogen-bond donors (Lipinski definition) is 2. The third-order valence-electron chi connectivity index (χ3n) is 6.19. The van der Waals surface area contributed by atoms with Crippen molar-refractivity contribution in [1.82, 2.24) is 25.7 Å². The maximum Gasteiger partial charge on any atom is 0.274 e. The number of amides is 3. The third kappa shape index (κ3) is 5.33. The number of carbonyl (C=O) groups excluding carboxylic acids is 3. The minimum Gasteiger partial charge on any atom is -0.360 e. The average Bonchev–Trinajstić information content (AvgIpc) is 3.57. The zero-order valence-electron chi connectivity index (χ0n) is 18.3. The molecule has 32 heavy (non-hydrogen) atoms. The lowest BCUT2D eigenvalue weighted by Crippen LogP contribution is -2.53. The van der Waals surface area contributed by atoms with Crippen molar-refractivity contribution >= 4 is 17.7 Å². The Kier molecular flexibility index (Phi) is 6.82. The van der Waals surface area contributed by atoms with Gasteiger partial charge in [0.15, 0.2) is 5.69 Å². The van der Waals surface area contributed by atoms with E-state index in [1.165, 1.54) is 0 Å². The van der Waals surface area contributed by atoms with Gasteiger partial charge in [0.1, 0.15) is 11.8 Å². The van der Waals surface area contributed by atoms with E-state index >= 15 is 0 Å². The standard InChI is InChI=1S/C23H29N5O4/c1-2-20(29)28-11-7-17(8-12-28)21(23(31)25-14-15-5-9-24-10-6-15)26-22(30)18-13-19(32-27-18)16-3-4-16/h5-6,9-10,13,16-17,21H,2-4,7-8,11-12,14H2,1H3,(H,25,31)(H,26,30). The van der Waals surface area contributed by atoms with Gasteiger partial charge in [-0.3, -0.25) is 19.4 Å². The van der Waals surface area contributed by atoms with Gasteiger partial charge in [-0.15, -0.1) is 0 Å². The largest absolute Gasteiger partial charge is 0.360 e. The van der Waals surface area contributed by atoms with E-state index in [0.717, 1.165) is 24.2 Å². The van der Waals surface area contributed by atoms with Crippen LogP contribution in [0.3, 0.4) is 0 Å². The fourth-order valence-corrected chi connectivity index (χ4v) is 4.07. The topological polar surface area (TPSA) is 117 Å². The van der Waals surface area contributed by atoms with E-state index in [9.17, 15) is 14.4 Å². The number of carbonyl (C=O) groups is 3. The molecule has 1 saturated carbocycles. The molecule has 1 saturated heterocycles. The predicted octanol–water partition coefficient (Wildman–Crippen LogP) is 2.01. The molecule has 2 N–H and O–H groups in total. The molecule has 0 radical (unpaired) electrons. The van der Waals surface area contributed by atoms with Crippen LogP contribution in [-0.2, 0) is 16.1 Å². The van der Waals surface area contributed by atoms with Crippen molar-refractivity contribution in [3.8, 4) is 0 Å². The lowest BCUT2D eigenvalue weighted by atomic mass is 9.88. The Balaban J connectivity index is 1.43. The zero-order chi connectivity index (χ0) is 22.5. The molecule has 1 atom stereocenters. The van der Waals surface area contributed by atoms with Crippen LogP contribution in [0.5, 0.6) is 0 Å². The van der Waals surface area contributed by atoms with E-state index < -0.39 is 11.9 Å². The fourth-order valence-electron chi connectivity index (χ4n) is 4.07. The first-order valence-corrected chi connectivity index (χ1v) is 11.3. The van der Waals surface area contributed by atoms with Gasteiger partial charge in [-0.05, 0) is 49.3 Å². The second-order valence-corrected chi connectivity index (χ2v) is 8.48. The molecule has 0 aromatic carbocycles. The molecule has 3 amide bonds. The van der Waals surface area contributed by atoms with Crippen molar-refractivity contribution in [3.63, 3.8) is 0 Å². The van der Waals surface area contributed by atoms with Gasteiger partial charge in [-0.1, -0.05) is 12.1 Å². The number of rotatable bonds is 8. The smallest absolute Gasteiger partial charge is 0.274 e. The van der Waals surface area contributed by atoms with Crippen LogP contribution in [0.15, 0.2) is 35.1 Å². The summed E-state index contributed by atoms with van der Waals surface area (Å²) in [5.41, 5.74) is 1.12. The first-order chi connectivity index (χ1) is 15.5. The lowest BCUT2D eigenvalue weighted by Gasteiger charge is -2.35. The molecule has 2 aromatic heterocycles. The molecule has 3 heterocycles. The molecular weight excluding hydrogens is 410 g/mol. The molecule has 1 unspecified atom stereocenters. The van der Waals surface area contributed by atoms with Crippen LogP contribution in [0.25, 0.3) is 0 Å². The van der Waals surface area contributed by atoms with E-state index in [1.54, 1.807) is 18.5 Å². The van der Waals surface area contributed by atoms with E-state index in [4.69, 9.17) is 4.52 Å². The summed E-state index contributed by atoms with van der Waals surface area (Å²) in [5.74, 6) is 0.441. The Labute approximate surface area is 186 Å². The Bertz CT molecular complexity index is 948. The van der Waals surface area contributed by atoms with Crippen molar-refractivity contribution in [2.24, 2.45) is 5.92 Å². The lowest BCUT2D eigenvalue weighted by molar-refractivity contribution is -0.132. The monoisotopic (exact) mass is 439 g/mol. The molecule has 1 aliphatic heterocycles. The van der Waals surface area contributed by atoms with Gasteiger partial charge < -0.3 is 20.1 Å². The van der Waals surface area contributed by atoms with Crippen LogP contribution in [0.1, 0.15) is 66.8 Å². The number of pyridine rings is 1. The summed E-state index contributed by atoms with van der Waals surface area (Å²) in [5, 5.41) is 9.70. The van der Waals surface area contributed by atoms with Crippen LogP contribution < -0.4 is 10.6 Å². The van der Waals surface area contributed by atoms with Gasteiger partial charge in [0.2, 0.25) is 11.8 Å². The molecule has 2 aromatic rings. The van der Waals surface area contributed by atoms with Crippen LogP contribution in [-0.4, -0.2) is 51.9 Å². The zero-order valence-corrected chi connectivity index (χ0v) is 18.3. The fraction of sp³-hybridized carbons (Fsp3) is 0.522. The van der Waals surface area contributed by atoms with Crippen molar-refractivity contribution < 1.29 is 18.9 Å². The molecule has 2 fully saturated rings. The van der Waals surface area contributed by atoms with Crippen LogP contribution in [0.2, 0.25) is 0 Å². The Morgan fingerprint density at radius 1 is 1.16 bits per heavy atom. The van der Waals surface area contributed by atoms with Gasteiger partial charge in [0.05, 0.1) is 0 Å². The molecule has 0 bridgehead atoms. The Hall–Kier alpha value is -3.23. The first kappa shape index (κ1) is 22.0. The summed E-state index contributed by atoms with van der Waals surface area (Å²) in [7, 11) is 0. The number of piperidine rings is 1. The molecule has 1 aliphatic carbocycles. The van der Waals surface area contributed by atoms with Crippen molar-refractivity contribution in [2.45, 2.75) is 57.5 Å². The van der Waals surface area contributed by atoms with Crippen molar-refractivity contribution in [3.05, 3.63) is 47.6 Å². The van der Waals surface area contributed by atoms with Gasteiger partial charge >= 0.3 is 0 Å². The normalized spacial score (nSPS) is 17.6. The third-order valence-corrected chi connectivity index (χ3v) is 6.19. The van der Waals surface area contributed by atoms with Crippen LogP contribution >= 0.6 is 0 Å². The minimum absolute atomic E-state index is 0.0768. The highest BCUT2D eigenvalue weighted by Crippen LogP contribution is 2.40. The van der Waals surface area contributed by atoms with E-state index in [1.807, 2.05) is 24.0 Å². The van der Waals surface area contributed by atoms with E-state index in [0.29, 0.717) is 44.8 Å². The van der Waals surface area contributed by atoms with Crippen LogP contribution in [0.4, 0.5) is 0 Å². The summed E-state index contributed by atoms with van der Waals surface area (Å²) in [6.45, 7) is 3.35. The summed E-state index contributed by atoms with van der Waals surface area (Å²) < 4.78 is 5.29. The second kappa shape index (κ2) is 9.93. The number of nitrogens with zero attached hydrogens (tertiary/aromatic N) is 3. The average molecular weight is 440 g/mol. The van der Waals surface area contributed by atoms with Crippen LogP contribution in [0, 0.1) is 5.92 Å². The highest BCUT2D eigenvalue weighted by atomic mass is 16.5. The molecule has 0 spiro atoms. The number of hydrogen-bond acceptors (Lipinski definition) is 6. The maximum absolute atomic E-state index is 13.1. The molecule has 9 heteroatoms. The quantitative estimate of drug-likeness (QED) is 0.650. The summed E-state index contributed by atoms with van der Waals surface area (Å²) >= 11 is 0. The molecule has 170 valence electrons. The molecule has 2 aliphatic rings. The minimum atomic E-state index is -0.718. The number of likely N-dealkylation sites (tertiary alicyclic amines) is 1. The van der Waals surface area contributed by atoms with Gasteiger partial charge in [-0.2, -0.15) is 0 Å². The first-order valence-electron chi connectivity index (χ1n) is 11.3. The molecule has 9 nitrogen and oxygen atoms in total. The summed E-state index contributed by atoms with van der Waals surface area (Å²) in [6.07, 6.45) is 7.19. The number of nitrogens with one attached hydrogen (secondary N) is 2. The van der Waals surface area contributed by atoms with Gasteiger partial charge in [0.25, 0.3) is 5.91 Å². The Morgan fingerprint density at radius 3 is 2.53 bits per heavy atom. The van der Waals surface area contributed by atoms with Gasteiger partial charge in [-0.25, -0.2) is 0 Å². The summed E-state index contributed by atoms with van der Waals surface area (Å²) in [4.78, 5) is 43.8. The van der Waals surface area contributed by atoms with Crippen molar-refractivity contribution in [1.29, 1.82) is 0 Å². The molecular formula is C23H29N5O4. The Morgan fingerprint density at radius 2 is 1.88 bits per heavy atom. The predicted molar refractivity (Wildman–Crippen MR) is 115 cm³/mol. The highest BCUT2D eigenvalue weighted by Gasteiger charge is 2.35. The van der Waals surface area contributed by atoms with Gasteiger partial charge in [0, 0.05) is 50.4 Å². The second-order valence-electron chi connectivity index (χ2n) is 8.48. The van der Waals surface area contributed by atoms with E-state index in [2.05, 4.69) is 20.8 Å². The van der Waals surface area contributed by atoms with E-state index in [-0.39, 0.29) is 23.4 Å². The highest BCUT2D eigenvalue weighted by molar-refractivity contribution is 5.96. The molecule has 4 rings (SSSR count). The van der Waals surface area contributed by atoms with Crippen molar-refractivity contribution in [2.75, 3.05) is 13.1 Å². The SMILES string of the molecule is CCC(=O)N1CCC(C(NC(=O)c2cc(C3CC3)on2)C(=O)NCc2ccncc2)CC1. The summed E-state index contributed by atoms with van der Waals surface area (Å²) in [6, 6.07) is 4.61. The number of aromatic nitrogens is 2. The maximum atomic E-state index is 13.1.